The van der Waals surface area contributed by atoms with Gasteiger partial charge in [0.25, 0.3) is 5.78 Å². The summed E-state index contributed by atoms with van der Waals surface area (Å²) >= 11 is 7.37. The second-order valence-corrected chi connectivity index (χ2v) is 10.2. The van der Waals surface area contributed by atoms with E-state index in [0.717, 1.165) is 15.8 Å². The molecule has 1 saturated heterocycles. The van der Waals surface area contributed by atoms with Crippen LogP contribution in [0.25, 0.3) is 16.0 Å². The summed E-state index contributed by atoms with van der Waals surface area (Å²) in [5, 5.41) is 22.6. The van der Waals surface area contributed by atoms with E-state index in [-0.39, 0.29) is 28.0 Å². The Hall–Kier alpha value is -3.88. The average Bonchev–Trinajstić information content (AvgIpc) is 3.39. The number of thiazole rings is 1. The summed E-state index contributed by atoms with van der Waals surface area (Å²) in [6.07, 6.45) is 0. The van der Waals surface area contributed by atoms with Crippen molar-refractivity contribution in [2.75, 3.05) is 11.5 Å². The summed E-state index contributed by atoms with van der Waals surface area (Å²) in [7, 11) is 0. The smallest absolute Gasteiger partial charge is 0.301 e. The SMILES string of the molecule is CCOc1cc(C2/C(=C(\O)c3cc(C)ccc3C)C(=O)C(=O)N2c2nc3ccc(Cl)cc3s2)ccc1O. The van der Waals surface area contributed by atoms with Crippen molar-refractivity contribution in [3.63, 3.8) is 0 Å². The maximum atomic E-state index is 13.5. The third kappa shape index (κ3) is 4.32. The Labute approximate surface area is 222 Å². The Morgan fingerprint density at radius 2 is 1.89 bits per heavy atom. The molecular formula is C28H23ClN2O5S. The van der Waals surface area contributed by atoms with Crippen molar-refractivity contribution < 1.29 is 24.5 Å². The molecule has 188 valence electrons. The largest absolute Gasteiger partial charge is 0.507 e. The molecule has 2 N–H and O–H groups in total. The lowest BCUT2D eigenvalue weighted by atomic mass is 9.93. The normalized spacial score (nSPS) is 17.1. The highest BCUT2D eigenvalue weighted by atomic mass is 35.5. The van der Waals surface area contributed by atoms with Crippen LogP contribution in [0, 0.1) is 13.8 Å². The van der Waals surface area contributed by atoms with Crippen molar-refractivity contribution >= 4 is 55.7 Å². The Morgan fingerprint density at radius 3 is 2.65 bits per heavy atom. The lowest BCUT2D eigenvalue weighted by Crippen LogP contribution is -2.29. The summed E-state index contributed by atoms with van der Waals surface area (Å²) in [5.41, 5.74) is 3.14. The van der Waals surface area contributed by atoms with E-state index in [1.807, 2.05) is 26.0 Å². The Kier molecular flexibility index (Phi) is 6.39. The number of halogens is 1. The predicted molar refractivity (Wildman–Crippen MR) is 145 cm³/mol. The van der Waals surface area contributed by atoms with Gasteiger partial charge < -0.3 is 14.9 Å². The molecule has 0 saturated carbocycles. The van der Waals surface area contributed by atoms with Crippen LogP contribution in [0.5, 0.6) is 11.5 Å². The zero-order chi connectivity index (χ0) is 26.4. The van der Waals surface area contributed by atoms with Crippen LogP contribution in [0.3, 0.4) is 0 Å². The number of aliphatic hydroxyl groups is 1. The molecule has 3 aromatic carbocycles. The topological polar surface area (TPSA) is 100.0 Å². The minimum absolute atomic E-state index is 0.0656. The monoisotopic (exact) mass is 534 g/mol. The van der Waals surface area contributed by atoms with Gasteiger partial charge in [-0.15, -0.1) is 0 Å². The molecule has 5 rings (SSSR count). The van der Waals surface area contributed by atoms with Gasteiger partial charge in [0.2, 0.25) is 0 Å². The second-order valence-electron chi connectivity index (χ2n) is 8.76. The molecule has 0 aliphatic carbocycles. The number of anilines is 1. The minimum Gasteiger partial charge on any atom is -0.507 e. The number of fused-ring (bicyclic) bond motifs is 1. The first-order chi connectivity index (χ1) is 17.7. The third-order valence-electron chi connectivity index (χ3n) is 6.24. The quantitative estimate of drug-likeness (QED) is 0.177. The molecule has 0 spiro atoms. The van der Waals surface area contributed by atoms with Crippen molar-refractivity contribution in [3.8, 4) is 11.5 Å². The fraction of sp³-hybridized carbons (Fsp3) is 0.179. The Bertz CT molecular complexity index is 1610. The molecule has 1 aliphatic heterocycles. The van der Waals surface area contributed by atoms with Crippen LogP contribution in [0.15, 0.2) is 60.2 Å². The number of carbonyl (C=O) groups excluding carboxylic acids is 2. The van der Waals surface area contributed by atoms with Crippen LogP contribution in [0.1, 0.15) is 35.2 Å². The maximum Gasteiger partial charge on any atom is 0.301 e. The number of aromatic nitrogens is 1. The predicted octanol–water partition coefficient (Wildman–Crippen LogP) is 6.30. The fourth-order valence-electron chi connectivity index (χ4n) is 4.44. The maximum absolute atomic E-state index is 13.5. The van der Waals surface area contributed by atoms with Gasteiger partial charge in [-0.3, -0.25) is 14.5 Å². The molecule has 7 nitrogen and oxygen atoms in total. The molecule has 4 aromatic rings. The molecule has 2 heterocycles. The fourth-order valence-corrected chi connectivity index (χ4v) is 5.71. The number of nitrogens with zero attached hydrogens (tertiary/aromatic N) is 2. The highest BCUT2D eigenvalue weighted by molar-refractivity contribution is 7.22. The summed E-state index contributed by atoms with van der Waals surface area (Å²) in [5.74, 6) is -1.79. The molecule has 1 amide bonds. The van der Waals surface area contributed by atoms with Gasteiger partial charge in [-0.05, 0) is 68.3 Å². The number of aromatic hydroxyl groups is 1. The number of benzene rings is 3. The van der Waals surface area contributed by atoms with E-state index in [9.17, 15) is 19.8 Å². The van der Waals surface area contributed by atoms with E-state index in [2.05, 4.69) is 4.98 Å². The van der Waals surface area contributed by atoms with Gasteiger partial charge in [-0.2, -0.15) is 0 Å². The molecule has 0 radical (unpaired) electrons. The summed E-state index contributed by atoms with van der Waals surface area (Å²) in [6, 6.07) is 14.3. The van der Waals surface area contributed by atoms with Gasteiger partial charge in [-0.1, -0.05) is 46.7 Å². The molecule has 1 atom stereocenters. The number of hydrogen-bond donors (Lipinski definition) is 2. The van der Waals surface area contributed by atoms with E-state index in [1.165, 1.54) is 22.3 Å². The van der Waals surface area contributed by atoms with Gasteiger partial charge in [0, 0.05) is 10.6 Å². The third-order valence-corrected chi connectivity index (χ3v) is 7.49. The number of carbonyl (C=O) groups is 2. The number of ketones is 1. The highest BCUT2D eigenvalue weighted by Crippen LogP contribution is 2.46. The van der Waals surface area contributed by atoms with Crippen molar-refractivity contribution in [1.29, 1.82) is 0 Å². The average molecular weight is 535 g/mol. The number of ether oxygens (including phenoxy) is 1. The molecule has 0 bridgehead atoms. The second kappa shape index (κ2) is 9.53. The Morgan fingerprint density at radius 1 is 1.11 bits per heavy atom. The number of Topliss-reactive ketones (excluding diaryl/α,β-unsaturated/α-hetero) is 1. The van der Waals surface area contributed by atoms with Gasteiger partial charge in [0.15, 0.2) is 16.6 Å². The highest BCUT2D eigenvalue weighted by Gasteiger charge is 2.48. The van der Waals surface area contributed by atoms with Crippen LogP contribution in [-0.2, 0) is 9.59 Å². The summed E-state index contributed by atoms with van der Waals surface area (Å²) < 4.78 is 6.31. The number of phenolic OH excluding ortho intramolecular Hbond substituents is 1. The zero-order valence-electron chi connectivity index (χ0n) is 20.3. The van der Waals surface area contributed by atoms with Crippen LogP contribution in [0.2, 0.25) is 5.02 Å². The van der Waals surface area contributed by atoms with Crippen LogP contribution >= 0.6 is 22.9 Å². The van der Waals surface area contributed by atoms with E-state index >= 15 is 0 Å². The van der Waals surface area contributed by atoms with Crippen LogP contribution in [0.4, 0.5) is 5.13 Å². The number of rotatable bonds is 5. The first-order valence-electron chi connectivity index (χ1n) is 11.6. The van der Waals surface area contributed by atoms with Gasteiger partial charge in [0.05, 0.1) is 28.4 Å². The molecule has 37 heavy (non-hydrogen) atoms. The first kappa shape index (κ1) is 24.8. The van der Waals surface area contributed by atoms with Gasteiger partial charge in [-0.25, -0.2) is 4.98 Å². The molecule has 1 aliphatic rings. The standard InChI is InChI=1S/C28H23ClN2O5S/c1-4-36-21-12-16(7-10-20(21)32)24-23(25(33)18-11-14(2)5-6-15(18)3)26(34)27(35)31(24)28-30-19-9-8-17(29)13-22(19)37-28/h5-13,24,32-33H,4H2,1-3H3/b25-23+. The van der Waals surface area contributed by atoms with Crippen molar-refractivity contribution in [3.05, 3.63) is 87.4 Å². The van der Waals surface area contributed by atoms with Crippen LogP contribution in [-0.4, -0.2) is 33.5 Å². The van der Waals surface area contributed by atoms with Gasteiger partial charge in [0.1, 0.15) is 5.76 Å². The van der Waals surface area contributed by atoms with Crippen molar-refractivity contribution in [2.45, 2.75) is 26.8 Å². The first-order valence-corrected chi connectivity index (χ1v) is 12.8. The molecule has 1 fully saturated rings. The number of aryl methyl sites for hydroxylation is 2. The Balaban J connectivity index is 1.77. The molecule has 9 heteroatoms. The van der Waals surface area contributed by atoms with Crippen LogP contribution < -0.4 is 9.64 Å². The lowest BCUT2D eigenvalue weighted by Gasteiger charge is -2.24. The zero-order valence-corrected chi connectivity index (χ0v) is 21.9. The van der Waals surface area contributed by atoms with E-state index in [0.29, 0.717) is 28.3 Å². The molecular weight excluding hydrogens is 512 g/mol. The summed E-state index contributed by atoms with van der Waals surface area (Å²) in [6.45, 7) is 5.79. The van der Waals surface area contributed by atoms with Crippen molar-refractivity contribution in [2.24, 2.45) is 0 Å². The number of aliphatic hydroxyl groups excluding tert-OH is 1. The number of phenols is 1. The van der Waals surface area contributed by atoms with E-state index in [1.54, 1.807) is 43.3 Å². The minimum atomic E-state index is -1.00. The van der Waals surface area contributed by atoms with E-state index < -0.39 is 17.7 Å². The van der Waals surface area contributed by atoms with Gasteiger partial charge >= 0.3 is 5.91 Å². The number of hydrogen-bond acceptors (Lipinski definition) is 7. The molecule has 1 unspecified atom stereocenters. The lowest BCUT2D eigenvalue weighted by molar-refractivity contribution is -0.132. The number of amides is 1. The van der Waals surface area contributed by atoms with E-state index in [4.69, 9.17) is 16.3 Å². The van der Waals surface area contributed by atoms with Crippen molar-refractivity contribution in [1.82, 2.24) is 4.98 Å². The molecule has 1 aromatic heterocycles. The summed E-state index contributed by atoms with van der Waals surface area (Å²) in [4.78, 5) is 32.9.